The molecule has 0 heterocycles. The number of benzene rings is 2. The standard InChI is InChI=1S/C24H30N6O6/c1-23(2)12-18(28-22(32)27-17-6-10-20(11-7-17)30(35)36)13-24(3,14-23)15-25-21(31)26-16-4-8-19(9-5-16)29(33)34/h4-11,18H,12-15H2,1-3H3,(H2,25,26,31)(H2,27,28,32). The number of non-ortho nitro benzene ring substituents is 2. The molecule has 4 N–H and O–H groups in total. The van der Waals surface area contributed by atoms with Crippen LogP contribution in [0.1, 0.15) is 40.0 Å². The highest BCUT2D eigenvalue weighted by Gasteiger charge is 2.41. The molecule has 12 heteroatoms. The monoisotopic (exact) mass is 498 g/mol. The first-order chi connectivity index (χ1) is 16.8. The molecule has 0 aromatic heterocycles. The van der Waals surface area contributed by atoms with Crippen LogP contribution in [0.15, 0.2) is 48.5 Å². The van der Waals surface area contributed by atoms with Gasteiger partial charge in [-0.1, -0.05) is 20.8 Å². The number of nitro groups is 2. The van der Waals surface area contributed by atoms with E-state index in [0.717, 1.165) is 12.8 Å². The molecule has 0 spiro atoms. The maximum Gasteiger partial charge on any atom is 0.319 e. The van der Waals surface area contributed by atoms with Crippen molar-refractivity contribution in [1.82, 2.24) is 10.6 Å². The van der Waals surface area contributed by atoms with Crippen molar-refractivity contribution in [3.05, 3.63) is 68.8 Å². The molecule has 192 valence electrons. The number of nitro benzene ring substituents is 2. The van der Waals surface area contributed by atoms with Gasteiger partial charge < -0.3 is 21.3 Å². The molecule has 1 fully saturated rings. The summed E-state index contributed by atoms with van der Waals surface area (Å²) in [5.74, 6) is 0. The van der Waals surface area contributed by atoms with E-state index >= 15 is 0 Å². The lowest BCUT2D eigenvalue weighted by Gasteiger charge is -2.46. The normalized spacial score (nSPS) is 20.6. The zero-order chi connectivity index (χ0) is 26.5. The Hall–Kier alpha value is -4.22. The molecule has 2 unspecified atom stereocenters. The van der Waals surface area contributed by atoms with Crippen LogP contribution >= 0.6 is 0 Å². The molecule has 1 aliphatic rings. The smallest absolute Gasteiger partial charge is 0.319 e. The summed E-state index contributed by atoms with van der Waals surface area (Å²) >= 11 is 0. The Labute approximate surface area is 208 Å². The van der Waals surface area contributed by atoms with Gasteiger partial charge in [-0.15, -0.1) is 0 Å². The summed E-state index contributed by atoms with van der Waals surface area (Å²) in [5, 5.41) is 32.8. The lowest BCUT2D eigenvalue weighted by atomic mass is 9.62. The average molecular weight is 499 g/mol. The van der Waals surface area contributed by atoms with Crippen LogP contribution in [0.2, 0.25) is 0 Å². The maximum atomic E-state index is 12.6. The largest absolute Gasteiger partial charge is 0.337 e. The second-order valence-corrected chi connectivity index (χ2v) is 10.3. The second-order valence-electron chi connectivity index (χ2n) is 10.3. The molecule has 0 saturated heterocycles. The van der Waals surface area contributed by atoms with Gasteiger partial charge in [-0.05, 0) is 54.4 Å². The van der Waals surface area contributed by atoms with Crippen molar-refractivity contribution in [3.63, 3.8) is 0 Å². The molecule has 3 rings (SSSR count). The van der Waals surface area contributed by atoms with Gasteiger partial charge in [-0.3, -0.25) is 20.2 Å². The molecule has 1 aliphatic carbocycles. The highest BCUT2D eigenvalue weighted by molar-refractivity contribution is 5.90. The molecule has 12 nitrogen and oxygen atoms in total. The molecule has 2 aromatic rings. The zero-order valence-corrected chi connectivity index (χ0v) is 20.4. The summed E-state index contributed by atoms with van der Waals surface area (Å²) in [4.78, 5) is 45.6. The van der Waals surface area contributed by atoms with E-state index in [-0.39, 0.29) is 28.2 Å². The predicted molar refractivity (Wildman–Crippen MR) is 135 cm³/mol. The maximum absolute atomic E-state index is 12.6. The zero-order valence-electron chi connectivity index (χ0n) is 20.4. The molecule has 2 aromatic carbocycles. The lowest BCUT2D eigenvalue weighted by molar-refractivity contribution is -0.385. The SMILES string of the molecule is CC1(C)CC(NC(=O)Nc2ccc([N+](=O)[O-])cc2)CC(C)(CNC(=O)Nc2ccc([N+](=O)[O-])cc2)C1. The molecule has 0 aliphatic heterocycles. The summed E-state index contributed by atoms with van der Waals surface area (Å²) < 4.78 is 0. The van der Waals surface area contributed by atoms with Crippen molar-refractivity contribution in [2.24, 2.45) is 10.8 Å². The molecule has 2 atom stereocenters. The van der Waals surface area contributed by atoms with Gasteiger partial charge in [-0.2, -0.15) is 0 Å². The Kier molecular flexibility index (Phi) is 7.76. The molecule has 0 radical (unpaired) electrons. The minimum Gasteiger partial charge on any atom is -0.337 e. The van der Waals surface area contributed by atoms with Gasteiger partial charge in [0, 0.05) is 48.2 Å². The third-order valence-corrected chi connectivity index (χ3v) is 6.13. The third-order valence-electron chi connectivity index (χ3n) is 6.13. The number of nitrogens with zero attached hydrogens (tertiary/aromatic N) is 2. The van der Waals surface area contributed by atoms with Crippen molar-refractivity contribution >= 4 is 34.8 Å². The number of urea groups is 2. The fraction of sp³-hybridized carbons (Fsp3) is 0.417. The van der Waals surface area contributed by atoms with Crippen molar-refractivity contribution in [2.45, 2.75) is 46.1 Å². The highest BCUT2D eigenvalue weighted by atomic mass is 16.6. The van der Waals surface area contributed by atoms with Gasteiger partial charge in [0.15, 0.2) is 0 Å². The van der Waals surface area contributed by atoms with Gasteiger partial charge in [0.05, 0.1) is 9.85 Å². The van der Waals surface area contributed by atoms with Crippen LogP contribution in [0.4, 0.5) is 32.3 Å². The summed E-state index contributed by atoms with van der Waals surface area (Å²) in [6.07, 6.45) is 2.23. The molecular formula is C24H30N6O6. The van der Waals surface area contributed by atoms with E-state index in [1.165, 1.54) is 48.5 Å². The van der Waals surface area contributed by atoms with Crippen molar-refractivity contribution < 1.29 is 19.4 Å². The van der Waals surface area contributed by atoms with E-state index < -0.39 is 21.9 Å². The Morgan fingerprint density at radius 3 is 1.78 bits per heavy atom. The number of hydrogen-bond acceptors (Lipinski definition) is 6. The molecule has 0 bridgehead atoms. The first-order valence-electron chi connectivity index (χ1n) is 11.5. The Balaban J connectivity index is 1.55. The minimum absolute atomic E-state index is 0.0594. The van der Waals surface area contributed by atoms with Gasteiger partial charge in [0.25, 0.3) is 11.4 Å². The summed E-state index contributed by atoms with van der Waals surface area (Å²) in [7, 11) is 0. The third kappa shape index (κ3) is 7.39. The fourth-order valence-corrected chi connectivity index (χ4v) is 5.02. The summed E-state index contributed by atoms with van der Waals surface area (Å²) in [6, 6.07) is 10.2. The minimum atomic E-state index is -0.508. The van der Waals surface area contributed by atoms with Crippen LogP contribution < -0.4 is 21.3 Å². The van der Waals surface area contributed by atoms with Crippen LogP contribution in [0, 0.1) is 31.1 Å². The second kappa shape index (κ2) is 10.6. The number of amides is 4. The molecule has 36 heavy (non-hydrogen) atoms. The molecule has 1 saturated carbocycles. The molecular weight excluding hydrogens is 468 g/mol. The van der Waals surface area contributed by atoms with E-state index in [1.807, 2.05) is 0 Å². The number of carbonyl (C=O) groups excluding carboxylic acids is 2. The number of rotatable bonds is 7. The van der Waals surface area contributed by atoms with Gasteiger partial charge >= 0.3 is 12.1 Å². The number of nitrogens with one attached hydrogen (secondary N) is 4. The van der Waals surface area contributed by atoms with Crippen LogP contribution in [0.5, 0.6) is 0 Å². The van der Waals surface area contributed by atoms with Crippen molar-refractivity contribution in [1.29, 1.82) is 0 Å². The van der Waals surface area contributed by atoms with Crippen molar-refractivity contribution in [3.8, 4) is 0 Å². The van der Waals surface area contributed by atoms with Crippen LogP contribution in [-0.4, -0.2) is 34.5 Å². The quantitative estimate of drug-likeness (QED) is 0.308. The first kappa shape index (κ1) is 26.4. The highest BCUT2D eigenvalue weighted by Crippen LogP contribution is 2.45. The average Bonchev–Trinajstić information content (AvgIpc) is 2.77. The Morgan fingerprint density at radius 1 is 0.833 bits per heavy atom. The molecule has 4 amide bonds. The van der Waals surface area contributed by atoms with Gasteiger partial charge in [-0.25, -0.2) is 9.59 Å². The number of anilines is 2. The Morgan fingerprint density at radius 2 is 1.31 bits per heavy atom. The van der Waals surface area contributed by atoms with Crippen molar-refractivity contribution in [2.75, 3.05) is 17.2 Å². The van der Waals surface area contributed by atoms with E-state index in [2.05, 4.69) is 42.0 Å². The van der Waals surface area contributed by atoms with E-state index in [4.69, 9.17) is 0 Å². The van der Waals surface area contributed by atoms with E-state index in [9.17, 15) is 29.8 Å². The first-order valence-corrected chi connectivity index (χ1v) is 11.5. The number of hydrogen-bond donors (Lipinski definition) is 4. The summed E-state index contributed by atoms with van der Waals surface area (Å²) in [5.41, 5.74) is 0.384. The van der Waals surface area contributed by atoms with Gasteiger partial charge in [0.2, 0.25) is 0 Å². The lowest BCUT2D eigenvalue weighted by Crippen LogP contribution is -2.51. The van der Waals surface area contributed by atoms with Crippen LogP contribution in [0.3, 0.4) is 0 Å². The van der Waals surface area contributed by atoms with Gasteiger partial charge in [0.1, 0.15) is 0 Å². The van der Waals surface area contributed by atoms with Crippen LogP contribution in [-0.2, 0) is 0 Å². The topological polar surface area (TPSA) is 169 Å². The van der Waals surface area contributed by atoms with Crippen LogP contribution in [0.25, 0.3) is 0 Å². The van der Waals surface area contributed by atoms with E-state index in [1.54, 1.807) is 0 Å². The summed E-state index contributed by atoms with van der Waals surface area (Å²) in [6.45, 7) is 6.66. The Bertz CT molecular complexity index is 1130. The predicted octanol–water partition coefficient (Wildman–Crippen LogP) is 5.03. The fourth-order valence-electron chi connectivity index (χ4n) is 5.02. The number of carbonyl (C=O) groups is 2. The van der Waals surface area contributed by atoms with E-state index in [0.29, 0.717) is 24.3 Å².